The van der Waals surface area contributed by atoms with E-state index in [0.29, 0.717) is 12.1 Å². The predicted molar refractivity (Wildman–Crippen MR) is 80.5 cm³/mol. The second-order valence-electron chi connectivity index (χ2n) is 4.42. The first-order valence-corrected chi connectivity index (χ1v) is 6.56. The largest absolute Gasteiger partial charge is 0.508 e. The molecular formula is C16H16N2O3. The van der Waals surface area contributed by atoms with Gasteiger partial charge in [0.05, 0.1) is 11.3 Å². The number of nitrogens with one attached hydrogen (secondary N) is 1. The van der Waals surface area contributed by atoms with Gasteiger partial charge in [0.2, 0.25) is 0 Å². The van der Waals surface area contributed by atoms with Crippen molar-refractivity contribution in [1.82, 2.24) is 5.43 Å². The number of nitrogens with zero attached hydrogens (tertiary/aromatic N) is 1. The first-order valence-electron chi connectivity index (χ1n) is 6.56. The molecule has 0 heterocycles. The Morgan fingerprint density at radius 1 is 1.10 bits per heavy atom. The molecule has 2 aromatic rings. The number of benzene rings is 2. The fourth-order valence-corrected chi connectivity index (χ4v) is 1.85. The first-order chi connectivity index (χ1) is 10.1. The maximum absolute atomic E-state index is 12.0. The van der Waals surface area contributed by atoms with Gasteiger partial charge in [0.15, 0.2) is 0 Å². The van der Waals surface area contributed by atoms with E-state index in [0.717, 1.165) is 5.56 Å². The van der Waals surface area contributed by atoms with Gasteiger partial charge < -0.3 is 10.2 Å². The molecule has 0 aromatic heterocycles. The van der Waals surface area contributed by atoms with Crippen molar-refractivity contribution in [1.29, 1.82) is 0 Å². The molecule has 0 aliphatic carbocycles. The van der Waals surface area contributed by atoms with Crippen LogP contribution < -0.4 is 5.43 Å². The summed E-state index contributed by atoms with van der Waals surface area (Å²) in [6, 6.07) is 12.8. The first kappa shape index (κ1) is 14.6. The van der Waals surface area contributed by atoms with Crippen LogP contribution in [-0.2, 0) is 0 Å². The van der Waals surface area contributed by atoms with Crippen molar-refractivity contribution in [3.63, 3.8) is 0 Å². The fourth-order valence-electron chi connectivity index (χ4n) is 1.85. The number of hydrazone groups is 1. The van der Waals surface area contributed by atoms with E-state index in [1.807, 2.05) is 6.92 Å². The van der Waals surface area contributed by atoms with Gasteiger partial charge >= 0.3 is 0 Å². The molecule has 0 saturated carbocycles. The molecule has 2 rings (SSSR count). The van der Waals surface area contributed by atoms with E-state index in [9.17, 15) is 15.0 Å². The van der Waals surface area contributed by atoms with Gasteiger partial charge in [0.1, 0.15) is 11.5 Å². The van der Waals surface area contributed by atoms with Gasteiger partial charge in [-0.2, -0.15) is 5.10 Å². The van der Waals surface area contributed by atoms with Crippen LogP contribution in [0, 0.1) is 0 Å². The number of amides is 1. The van der Waals surface area contributed by atoms with E-state index in [1.54, 1.807) is 36.4 Å². The number of carbonyl (C=O) groups is 1. The van der Waals surface area contributed by atoms with Gasteiger partial charge in [-0.15, -0.1) is 0 Å². The Morgan fingerprint density at radius 2 is 1.76 bits per heavy atom. The molecule has 0 bridgehead atoms. The summed E-state index contributed by atoms with van der Waals surface area (Å²) in [7, 11) is 0. The third kappa shape index (κ3) is 3.60. The quantitative estimate of drug-likeness (QED) is 0.596. The molecule has 5 nitrogen and oxygen atoms in total. The highest BCUT2D eigenvalue weighted by Crippen LogP contribution is 2.15. The smallest absolute Gasteiger partial charge is 0.275 e. The van der Waals surface area contributed by atoms with E-state index in [-0.39, 0.29) is 17.1 Å². The monoisotopic (exact) mass is 284 g/mol. The molecule has 0 aliphatic heterocycles. The Labute approximate surface area is 122 Å². The average molecular weight is 284 g/mol. The lowest BCUT2D eigenvalue weighted by molar-refractivity contribution is 0.0952. The minimum atomic E-state index is -0.474. The molecule has 3 N–H and O–H groups in total. The normalized spacial score (nSPS) is 11.2. The molecule has 0 unspecified atom stereocenters. The van der Waals surface area contributed by atoms with Crippen LogP contribution in [0.25, 0.3) is 0 Å². The number of hydrogen-bond acceptors (Lipinski definition) is 4. The summed E-state index contributed by atoms with van der Waals surface area (Å²) in [6.07, 6.45) is 0.617. The SMILES string of the molecule is CC/C(=N/NC(=O)c1ccccc1O)c1ccc(O)cc1. The second kappa shape index (κ2) is 6.56. The van der Waals surface area contributed by atoms with Crippen LogP contribution in [0.15, 0.2) is 53.6 Å². The maximum Gasteiger partial charge on any atom is 0.275 e. The average Bonchev–Trinajstić information content (AvgIpc) is 2.49. The lowest BCUT2D eigenvalue weighted by atomic mass is 10.1. The molecule has 108 valence electrons. The van der Waals surface area contributed by atoms with E-state index < -0.39 is 5.91 Å². The maximum atomic E-state index is 12.0. The highest BCUT2D eigenvalue weighted by molar-refractivity contribution is 6.02. The van der Waals surface area contributed by atoms with Crippen LogP contribution in [0.5, 0.6) is 11.5 Å². The zero-order valence-electron chi connectivity index (χ0n) is 11.6. The van der Waals surface area contributed by atoms with Crippen LogP contribution in [0.2, 0.25) is 0 Å². The molecule has 2 aromatic carbocycles. The lowest BCUT2D eigenvalue weighted by Gasteiger charge is -2.06. The Bertz CT molecular complexity index is 663. The van der Waals surface area contributed by atoms with Crippen molar-refractivity contribution in [2.24, 2.45) is 5.10 Å². The minimum absolute atomic E-state index is 0.0899. The van der Waals surface area contributed by atoms with Crippen molar-refractivity contribution in [2.45, 2.75) is 13.3 Å². The van der Waals surface area contributed by atoms with E-state index in [4.69, 9.17) is 0 Å². The number of aromatic hydroxyl groups is 2. The second-order valence-corrected chi connectivity index (χ2v) is 4.42. The molecule has 0 radical (unpaired) electrons. The Hall–Kier alpha value is -2.82. The predicted octanol–water partition coefficient (Wildman–Crippen LogP) is 2.64. The van der Waals surface area contributed by atoms with E-state index >= 15 is 0 Å². The zero-order chi connectivity index (χ0) is 15.2. The van der Waals surface area contributed by atoms with Gasteiger partial charge in [-0.3, -0.25) is 4.79 Å². The van der Waals surface area contributed by atoms with Gasteiger partial charge in [0, 0.05) is 0 Å². The molecule has 21 heavy (non-hydrogen) atoms. The summed E-state index contributed by atoms with van der Waals surface area (Å²) in [5, 5.41) is 23.0. The number of phenols is 2. The van der Waals surface area contributed by atoms with E-state index in [2.05, 4.69) is 10.5 Å². The third-order valence-corrected chi connectivity index (χ3v) is 2.98. The Morgan fingerprint density at radius 3 is 2.38 bits per heavy atom. The zero-order valence-corrected chi connectivity index (χ0v) is 11.6. The van der Waals surface area contributed by atoms with E-state index in [1.165, 1.54) is 12.1 Å². The molecule has 0 atom stereocenters. The molecular weight excluding hydrogens is 268 g/mol. The summed E-state index contributed by atoms with van der Waals surface area (Å²) >= 11 is 0. The van der Waals surface area contributed by atoms with Crippen molar-refractivity contribution in [3.8, 4) is 11.5 Å². The molecule has 5 heteroatoms. The molecule has 0 spiro atoms. The summed E-state index contributed by atoms with van der Waals surface area (Å²) in [6.45, 7) is 1.91. The van der Waals surface area contributed by atoms with Crippen molar-refractivity contribution in [2.75, 3.05) is 0 Å². The van der Waals surface area contributed by atoms with Gasteiger partial charge in [-0.25, -0.2) is 5.43 Å². The standard InChI is InChI=1S/C16H16N2O3/c1-2-14(11-7-9-12(19)10-8-11)17-18-16(21)13-5-3-4-6-15(13)20/h3-10,19-20H,2H2,1H3,(H,18,21)/b17-14-. The number of rotatable bonds is 4. The summed E-state index contributed by atoms with van der Waals surface area (Å²) in [5.41, 5.74) is 4.09. The Balaban J connectivity index is 2.16. The van der Waals surface area contributed by atoms with Crippen molar-refractivity contribution in [3.05, 3.63) is 59.7 Å². The summed E-state index contributed by atoms with van der Waals surface area (Å²) in [4.78, 5) is 12.0. The number of hydrogen-bond donors (Lipinski definition) is 3. The van der Waals surface area contributed by atoms with Crippen LogP contribution in [0.1, 0.15) is 29.3 Å². The van der Waals surface area contributed by atoms with Crippen LogP contribution >= 0.6 is 0 Å². The third-order valence-electron chi connectivity index (χ3n) is 2.98. The summed E-state index contributed by atoms with van der Waals surface area (Å²) < 4.78 is 0. The van der Waals surface area contributed by atoms with Gasteiger partial charge in [0.25, 0.3) is 5.91 Å². The molecule has 1 amide bonds. The van der Waals surface area contributed by atoms with Crippen LogP contribution in [-0.4, -0.2) is 21.8 Å². The molecule has 0 aliphatic rings. The van der Waals surface area contributed by atoms with Crippen LogP contribution in [0.4, 0.5) is 0 Å². The van der Waals surface area contributed by atoms with Crippen molar-refractivity contribution < 1.29 is 15.0 Å². The topological polar surface area (TPSA) is 81.9 Å². The number of phenolic OH excluding ortho intramolecular Hbond substituents is 2. The fraction of sp³-hybridized carbons (Fsp3) is 0.125. The minimum Gasteiger partial charge on any atom is -0.508 e. The highest BCUT2D eigenvalue weighted by atomic mass is 16.3. The van der Waals surface area contributed by atoms with Gasteiger partial charge in [-0.05, 0) is 48.4 Å². The number of carbonyl (C=O) groups excluding carboxylic acids is 1. The molecule has 0 saturated heterocycles. The number of para-hydroxylation sites is 1. The molecule has 0 fully saturated rings. The lowest BCUT2D eigenvalue weighted by Crippen LogP contribution is -2.20. The van der Waals surface area contributed by atoms with Crippen molar-refractivity contribution >= 4 is 11.6 Å². The Kier molecular flexibility index (Phi) is 4.56. The van der Waals surface area contributed by atoms with Crippen LogP contribution in [0.3, 0.4) is 0 Å². The van der Waals surface area contributed by atoms with Gasteiger partial charge in [-0.1, -0.05) is 19.1 Å². The highest BCUT2D eigenvalue weighted by Gasteiger charge is 2.10. The summed E-state index contributed by atoms with van der Waals surface area (Å²) in [5.74, 6) is -0.391.